The van der Waals surface area contributed by atoms with Gasteiger partial charge in [-0.25, -0.2) is 5.43 Å². The summed E-state index contributed by atoms with van der Waals surface area (Å²) in [6.07, 6.45) is 6.33. The molecule has 0 atom stereocenters. The van der Waals surface area contributed by atoms with Crippen LogP contribution in [0.3, 0.4) is 0 Å². The van der Waals surface area contributed by atoms with Gasteiger partial charge in [-0.05, 0) is 36.2 Å². The van der Waals surface area contributed by atoms with Gasteiger partial charge < -0.3 is 9.67 Å². The zero-order valence-electron chi connectivity index (χ0n) is 14.9. The number of benzene rings is 1. The number of aryl methyl sites for hydroxylation is 1. The molecular formula is C20H20N4O3. The van der Waals surface area contributed by atoms with E-state index in [0.717, 1.165) is 18.4 Å². The van der Waals surface area contributed by atoms with E-state index in [1.54, 1.807) is 48.8 Å². The molecule has 0 unspecified atom stereocenters. The first-order chi connectivity index (χ1) is 13.1. The molecule has 2 heterocycles. The van der Waals surface area contributed by atoms with Crippen molar-refractivity contribution in [1.82, 2.24) is 15.0 Å². The van der Waals surface area contributed by atoms with Gasteiger partial charge in [0.15, 0.2) is 0 Å². The minimum absolute atomic E-state index is 0.309. The van der Waals surface area contributed by atoms with Crippen LogP contribution >= 0.6 is 0 Å². The van der Waals surface area contributed by atoms with Crippen LogP contribution in [0.5, 0.6) is 5.75 Å². The summed E-state index contributed by atoms with van der Waals surface area (Å²) in [5.74, 6) is -1.08. The van der Waals surface area contributed by atoms with Crippen LogP contribution in [0.1, 0.15) is 35.7 Å². The van der Waals surface area contributed by atoms with Crippen molar-refractivity contribution in [3.8, 4) is 5.75 Å². The van der Waals surface area contributed by atoms with E-state index in [1.807, 2.05) is 6.92 Å². The lowest BCUT2D eigenvalue weighted by molar-refractivity contribution is 0.0950. The topological polar surface area (TPSA) is 96.6 Å². The number of nitrogens with zero attached hydrogens (tertiary/aromatic N) is 3. The zero-order valence-corrected chi connectivity index (χ0v) is 14.9. The van der Waals surface area contributed by atoms with E-state index >= 15 is 0 Å². The van der Waals surface area contributed by atoms with Gasteiger partial charge >= 0.3 is 0 Å². The van der Waals surface area contributed by atoms with Crippen molar-refractivity contribution in [1.29, 1.82) is 0 Å². The van der Waals surface area contributed by atoms with E-state index in [4.69, 9.17) is 0 Å². The summed E-state index contributed by atoms with van der Waals surface area (Å²) in [6.45, 7) is 2.49. The number of carbonyl (C=O) groups is 1. The lowest BCUT2D eigenvalue weighted by atomic mass is 10.1. The van der Waals surface area contributed by atoms with Gasteiger partial charge in [-0.15, -0.1) is 0 Å². The number of pyridine rings is 2. The minimum Gasteiger partial charge on any atom is -0.506 e. The molecule has 2 aromatic heterocycles. The molecule has 0 saturated carbocycles. The summed E-state index contributed by atoms with van der Waals surface area (Å²) in [5, 5.41) is 14.8. The maximum atomic E-state index is 12.9. The van der Waals surface area contributed by atoms with Crippen LogP contribution in [-0.2, 0) is 6.54 Å². The van der Waals surface area contributed by atoms with Gasteiger partial charge in [0.2, 0.25) is 0 Å². The molecule has 0 aliphatic rings. The van der Waals surface area contributed by atoms with Crippen molar-refractivity contribution in [2.75, 3.05) is 0 Å². The second kappa shape index (κ2) is 8.27. The quantitative estimate of drug-likeness (QED) is 0.519. The molecule has 138 valence electrons. The number of unbranched alkanes of at least 4 members (excludes halogenated alkanes) is 1. The fourth-order valence-corrected chi connectivity index (χ4v) is 2.80. The highest BCUT2D eigenvalue weighted by Crippen LogP contribution is 2.26. The Morgan fingerprint density at radius 1 is 1.26 bits per heavy atom. The van der Waals surface area contributed by atoms with Gasteiger partial charge in [-0.3, -0.25) is 14.6 Å². The molecule has 0 saturated heterocycles. The summed E-state index contributed by atoms with van der Waals surface area (Å²) < 4.78 is 1.53. The molecule has 0 spiro atoms. The molecular weight excluding hydrogens is 344 g/mol. The highest BCUT2D eigenvalue weighted by molar-refractivity contribution is 6.02. The van der Waals surface area contributed by atoms with Crippen LogP contribution < -0.4 is 11.0 Å². The largest absolute Gasteiger partial charge is 0.506 e. The second-order valence-corrected chi connectivity index (χ2v) is 6.03. The lowest BCUT2D eigenvalue weighted by Gasteiger charge is -2.14. The molecule has 7 heteroatoms. The molecule has 0 aliphatic carbocycles. The standard InChI is InChI=1S/C20H20N4O3/c1-2-3-12-24-16-7-5-4-6-15(16)18(25)17(20(24)27)19(26)23-22-13-14-8-10-21-11-9-14/h4-11,13,25H,2-3,12H2,1H3,(H,23,26). The van der Waals surface area contributed by atoms with Gasteiger partial charge in [-0.1, -0.05) is 25.5 Å². The van der Waals surface area contributed by atoms with E-state index in [-0.39, 0.29) is 11.3 Å². The predicted octanol–water partition coefficient (Wildman–Crippen LogP) is 2.67. The fraction of sp³-hybridized carbons (Fsp3) is 0.200. The summed E-state index contributed by atoms with van der Waals surface area (Å²) in [5.41, 5.74) is 2.82. The molecule has 3 aromatic rings. The van der Waals surface area contributed by atoms with Crippen LogP contribution in [0.15, 0.2) is 58.7 Å². The van der Waals surface area contributed by atoms with Crippen molar-refractivity contribution in [2.45, 2.75) is 26.3 Å². The second-order valence-electron chi connectivity index (χ2n) is 6.03. The number of aromatic nitrogens is 2. The number of para-hydroxylation sites is 1. The number of hydrogen-bond donors (Lipinski definition) is 2. The van der Waals surface area contributed by atoms with Gasteiger partial charge in [-0.2, -0.15) is 5.10 Å². The van der Waals surface area contributed by atoms with Crippen LogP contribution in [0, 0.1) is 0 Å². The van der Waals surface area contributed by atoms with Crippen molar-refractivity contribution in [3.63, 3.8) is 0 Å². The third kappa shape index (κ3) is 3.87. The Bertz CT molecular complexity index is 1040. The van der Waals surface area contributed by atoms with Gasteiger partial charge in [0.05, 0.1) is 11.7 Å². The van der Waals surface area contributed by atoms with Crippen LogP contribution in [0.4, 0.5) is 0 Å². The molecule has 0 radical (unpaired) electrons. The Morgan fingerprint density at radius 3 is 2.74 bits per heavy atom. The van der Waals surface area contributed by atoms with E-state index in [2.05, 4.69) is 15.5 Å². The molecule has 0 fully saturated rings. The van der Waals surface area contributed by atoms with Crippen LogP contribution in [0.25, 0.3) is 10.9 Å². The first-order valence-electron chi connectivity index (χ1n) is 8.71. The van der Waals surface area contributed by atoms with Gasteiger partial charge in [0, 0.05) is 24.3 Å². The SMILES string of the molecule is CCCCn1c(=O)c(C(=O)NN=Cc2ccncc2)c(O)c2ccccc21. The van der Waals surface area contributed by atoms with Gasteiger partial charge in [0.25, 0.3) is 11.5 Å². The third-order valence-corrected chi connectivity index (χ3v) is 4.19. The number of amides is 1. The normalized spacial score (nSPS) is 11.1. The maximum absolute atomic E-state index is 12.9. The Hall–Kier alpha value is -3.48. The monoisotopic (exact) mass is 364 g/mol. The van der Waals surface area contributed by atoms with Crippen molar-refractivity contribution < 1.29 is 9.90 Å². The molecule has 1 aromatic carbocycles. The van der Waals surface area contributed by atoms with E-state index < -0.39 is 11.5 Å². The first kappa shape index (κ1) is 18.3. The number of aromatic hydroxyl groups is 1. The van der Waals surface area contributed by atoms with Gasteiger partial charge in [0.1, 0.15) is 11.3 Å². The Kier molecular flexibility index (Phi) is 5.61. The number of rotatable bonds is 6. The van der Waals surface area contributed by atoms with E-state index in [9.17, 15) is 14.7 Å². The fourth-order valence-electron chi connectivity index (χ4n) is 2.80. The molecule has 0 aliphatic heterocycles. The predicted molar refractivity (Wildman–Crippen MR) is 104 cm³/mol. The highest BCUT2D eigenvalue weighted by Gasteiger charge is 2.21. The molecule has 1 amide bonds. The minimum atomic E-state index is -0.751. The summed E-state index contributed by atoms with van der Waals surface area (Å²) in [7, 11) is 0. The zero-order chi connectivity index (χ0) is 19.2. The van der Waals surface area contributed by atoms with Crippen molar-refractivity contribution in [2.24, 2.45) is 5.10 Å². The molecule has 3 rings (SSSR count). The highest BCUT2D eigenvalue weighted by atomic mass is 16.3. The smallest absolute Gasteiger partial charge is 0.280 e. The van der Waals surface area contributed by atoms with Crippen LogP contribution in [0.2, 0.25) is 0 Å². The maximum Gasteiger partial charge on any atom is 0.280 e. The lowest BCUT2D eigenvalue weighted by Crippen LogP contribution is -2.31. The summed E-state index contributed by atoms with van der Waals surface area (Å²) in [6, 6.07) is 10.4. The van der Waals surface area contributed by atoms with Crippen molar-refractivity contribution in [3.05, 3.63) is 70.3 Å². The number of nitrogens with one attached hydrogen (secondary N) is 1. The van der Waals surface area contributed by atoms with Crippen molar-refractivity contribution >= 4 is 23.0 Å². The average Bonchev–Trinajstić information content (AvgIpc) is 2.69. The Labute approximate surface area is 156 Å². The van der Waals surface area contributed by atoms with E-state index in [0.29, 0.717) is 17.4 Å². The molecule has 27 heavy (non-hydrogen) atoms. The summed E-state index contributed by atoms with van der Waals surface area (Å²) >= 11 is 0. The number of hydrazone groups is 1. The molecule has 7 nitrogen and oxygen atoms in total. The number of hydrogen-bond acceptors (Lipinski definition) is 5. The average molecular weight is 364 g/mol. The molecule has 0 bridgehead atoms. The number of carbonyl (C=O) groups excluding carboxylic acids is 1. The Balaban J connectivity index is 1.99. The summed E-state index contributed by atoms with van der Waals surface area (Å²) in [4.78, 5) is 29.3. The first-order valence-corrected chi connectivity index (χ1v) is 8.71. The van der Waals surface area contributed by atoms with E-state index in [1.165, 1.54) is 10.8 Å². The Morgan fingerprint density at radius 2 is 2.00 bits per heavy atom. The molecule has 2 N–H and O–H groups in total. The number of fused-ring (bicyclic) bond motifs is 1. The van der Waals surface area contributed by atoms with Crippen LogP contribution in [-0.4, -0.2) is 26.8 Å². The third-order valence-electron chi connectivity index (χ3n) is 4.19.